The largest absolute Gasteiger partial charge is 0.464 e. The Morgan fingerprint density at radius 1 is 1.07 bits per heavy atom. The molecule has 1 saturated heterocycles. The van der Waals surface area contributed by atoms with Crippen LogP contribution in [-0.2, 0) is 19.7 Å². The number of fused-ring (bicyclic) bond motifs is 4. The Kier molecular flexibility index (Phi) is 4.02. The smallest absolute Gasteiger partial charge is 0.250 e. The summed E-state index contributed by atoms with van der Waals surface area (Å²) in [6, 6.07) is 11.1. The van der Waals surface area contributed by atoms with Gasteiger partial charge in [0.15, 0.2) is 0 Å². The first kappa shape index (κ1) is 16.6. The van der Waals surface area contributed by atoms with Crippen LogP contribution in [0.4, 0.5) is 0 Å². The van der Waals surface area contributed by atoms with E-state index in [1.165, 1.54) is 0 Å². The predicted molar refractivity (Wildman–Crippen MR) is 99.2 cm³/mol. The van der Waals surface area contributed by atoms with Crippen LogP contribution in [0.25, 0.3) is 11.3 Å². The van der Waals surface area contributed by atoms with Crippen molar-refractivity contribution in [2.75, 3.05) is 13.1 Å². The Balaban J connectivity index is 1.47. The summed E-state index contributed by atoms with van der Waals surface area (Å²) < 4.78 is 13.2. The van der Waals surface area contributed by atoms with Gasteiger partial charge in [-0.2, -0.15) is 0 Å². The second-order valence-corrected chi connectivity index (χ2v) is 7.58. The molecular weight excluding hydrogens is 344 g/mol. The standard InChI is InChI=1S/C21H22N2O4/c24-13-17-4-3-16(27-17)12-22-9-14-8-15(11-22)21-18(19-2-1-7-26-19)5-6-20(25)23(21)10-14/h1-7,14-15,24H,8-13H2/t14-,15+/m0/s1. The molecule has 0 spiro atoms. The number of aliphatic hydroxyl groups excluding tert-OH is 1. The number of pyridine rings is 1. The van der Waals surface area contributed by atoms with E-state index in [1.54, 1.807) is 12.3 Å². The van der Waals surface area contributed by atoms with Crippen LogP contribution >= 0.6 is 0 Å². The number of likely N-dealkylation sites (tertiary alicyclic amines) is 1. The third-order valence-electron chi connectivity index (χ3n) is 5.70. The van der Waals surface area contributed by atoms with E-state index in [0.717, 1.165) is 55.4 Å². The average Bonchev–Trinajstić information content (AvgIpc) is 3.34. The van der Waals surface area contributed by atoms with Crippen LogP contribution in [-0.4, -0.2) is 27.7 Å². The molecule has 6 nitrogen and oxygen atoms in total. The highest BCUT2D eigenvalue weighted by Gasteiger charge is 2.36. The van der Waals surface area contributed by atoms with Crippen LogP contribution in [0.15, 0.2) is 56.3 Å². The second-order valence-electron chi connectivity index (χ2n) is 7.58. The van der Waals surface area contributed by atoms with Crippen molar-refractivity contribution < 1.29 is 13.9 Å². The molecule has 3 aromatic heterocycles. The minimum absolute atomic E-state index is 0.0714. The molecule has 140 valence electrons. The first-order chi connectivity index (χ1) is 13.2. The molecule has 2 aliphatic heterocycles. The molecule has 2 aliphatic rings. The maximum atomic E-state index is 12.5. The summed E-state index contributed by atoms with van der Waals surface area (Å²) in [4.78, 5) is 14.9. The molecular formula is C21H22N2O4. The van der Waals surface area contributed by atoms with Gasteiger partial charge in [0.25, 0.3) is 5.56 Å². The van der Waals surface area contributed by atoms with Gasteiger partial charge >= 0.3 is 0 Å². The van der Waals surface area contributed by atoms with Crippen LogP contribution in [0.2, 0.25) is 0 Å². The maximum absolute atomic E-state index is 12.5. The van der Waals surface area contributed by atoms with Gasteiger partial charge < -0.3 is 18.5 Å². The van der Waals surface area contributed by atoms with Crippen molar-refractivity contribution in [3.63, 3.8) is 0 Å². The van der Waals surface area contributed by atoms with Gasteiger partial charge in [0, 0.05) is 42.9 Å². The normalized spacial score (nSPS) is 22.0. The Hall–Kier alpha value is -2.57. The van der Waals surface area contributed by atoms with E-state index in [4.69, 9.17) is 8.83 Å². The van der Waals surface area contributed by atoms with Gasteiger partial charge in [-0.1, -0.05) is 0 Å². The van der Waals surface area contributed by atoms with Gasteiger partial charge in [-0.15, -0.1) is 0 Å². The molecule has 5 heterocycles. The molecule has 0 saturated carbocycles. The van der Waals surface area contributed by atoms with E-state index in [0.29, 0.717) is 17.6 Å². The van der Waals surface area contributed by atoms with Crippen molar-refractivity contribution in [3.8, 4) is 11.3 Å². The van der Waals surface area contributed by atoms with Crippen LogP contribution < -0.4 is 5.56 Å². The molecule has 6 heteroatoms. The zero-order valence-corrected chi connectivity index (χ0v) is 15.0. The molecule has 1 N–H and O–H groups in total. The quantitative estimate of drug-likeness (QED) is 0.769. The van der Waals surface area contributed by atoms with Gasteiger partial charge in [0.1, 0.15) is 23.9 Å². The Labute approximate surface area is 156 Å². The zero-order chi connectivity index (χ0) is 18.4. The topological polar surface area (TPSA) is 71.8 Å². The van der Waals surface area contributed by atoms with Crippen molar-refractivity contribution in [2.45, 2.75) is 32.0 Å². The van der Waals surface area contributed by atoms with E-state index in [1.807, 2.05) is 34.9 Å². The second kappa shape index (κ2) is 6.55. The van der Waals surface area contributed by atoms with Crippen LogP contribution in [0.1, 0.15) is 29.6 Å². The SMILES string of the molecule is O=c1ccc(-c2ccco2)c2n1C[C@H]1C[C@@H]2CN(Cc2ccc(CO)o2)C1. The molecule has 0 unspecified atom stereocenters. The van der Waals surface area contributed by atoms with Crippen LogP contribution in [0.5, 0.6) is 0 Å². The monoisotopic (exact) mass is 366 g/mol. The zero-order valence-electron chi connectivity index (χ0n) is 15.0. The van der Waals surface area contributed by atoms with E-state index in [9.17, 15) is 9.90 Å². The van der Waals surface area contributed by atoms with Crippen molar-refractivity contribution in [1.29, 1.82) is 0 Å². The van der Waals surface area contributed by atoms with Gasteiger partial charge in [-0.25, -0.2) is 0 Å². The Morgan fingerprint density at radius 2 is 1.96 bits per heavy atom. The third-order valence-corrected chi connectivity index (χ3v) is 5.70. The number of furan rings is 2. The van der Waals surface area contributed by atoms with Gasteiger partial charge in [0.2, 0.25) is 0 Å². The van der Waals surface area contributed by atoms with Crippen molar-refractivity contribution in [1.82, 2.24) is 9.47 Å². The minimum atomic E-state index is -0.0753. The molecule has 0 aromatic carbocycles. The molecule has 1 fully saturated rings. The molecule has 0 amide bonds. The highest BCUT2D eigenvalue weighted by Crippen LogP contribution is 2.40. The molecule has 0 radical (unpaired) electrons. The first-order valence-corrected chi connectivity index (χ1v) is 9.39. The van der Waals surface area contributed by atoms with E-state index in [2.05, 4.69) is 4.90 Å². The summed E-state index contributed by atoms with van der Waals surface area (Å²) in [5.74, 6) is 3.02. The van der Waals surface area contributed by atoms with E-state index in [-0.39, 0.29) is 12.2 Å². The number of aromatic nitrogens is 1. The lowest BCUT2D eigenvalue weighted by Crippen LogP contribution is -2.46. The number of piperidine rings is 1. The highest BCUT2D eigenvalue weighted by atomic mass is 16.4. The van der Waals surface area contributed by atoms with E-state index < -0.39 is 0 Å². The maximum Gasteiger partial charge on any atom is 0.250 e. The first-order valence-electron chi connectivity index (χ1n) is 9.39. The van der Waals surface area contributed by atoms with Crippen LogP contribution in [0, 0.1) is 5.92 Å². The molecule has 5 rings (SSSR count). The van der Waals surface area contributed by atoms with Gasteiger partial charge in [-0.05, 0) is 42.7 Å². The molecule has 3 aromatic rings. The highest BCUT2D eigenvalue weighted by molar-refractivity contribution is 5.61. The van der Waals surface area contributed by atoms with Gasteiger partial charge in [0.05, 0.1) is 12.8 Å². The molecule has 2 atom stereocenters. The fraction of sp³-hybridized carbons (Fsp3) is 0.381. The number of rotatable bonds is 4. The van der Waals surface area contributed by atoms with Crippen molar-refractivity contribution >= 4 is 0 Å². The molecule has 27 heavy (non-hydrogen) atoms. The lowest BCUT2D eigenvalue weighted by Gasteiger charge is -2.43. The fourth-order valence-electron chi connectivity index (χ4n) is 4.70. The third kappa shape index (κ3) is 2.95. The summed E-state index contributed by atoms with van der Waals surface area (Å²) in [5.41, 5.74) is 2.18. The Morgan fingerprint density at radius 3 is 2.74 bits per heavy atom. The number of hydrogen-bond donors (Lipinski definition) is 1. The fourth-order valence-corrected chi connectivity index (χ4v) is 4.70. The average molecular weight is 366 g/mol. The van der Waals surface area contributed by atoms with E-state index >= 15 is 0 Å². The van der Waals surface area contributed by atoms with Crippen molar-refractivity contribution in [2.24, 2.45) is 5.92 Å². The number of aliphatic hydroxyl groups is 1. The minimum Gasteiger partial charge on any atom is -0.464 e. The molecule has 2 bridgehead atoms. The number of nitrogens with zero attached hydrogens (tertiary/aromatic N) is 2. The van der Waals surface area contributed by atoms with Crippen LogP contribution in [0.3, 0.4) is 0 Å². The van der Waals surface area contributed by atoms with Gasteiger partial charge in [-0.3, -0.25) is 9.69 Å². The summed E-state index contributed by atoms with van der Waals surface area (Å²) >= 11 is 0. The summed E-state index contributed by atoms with van der Waals surface area (Å²) in [6.45, 7) is 3.22. The van der Waals surface area contributed by atoms with Crippen molar-refractivity contribution in [3.05, 3.63) is 70.2 Å². The predicted octanol–water partition coefficient (Wildman–Crippen LogP) is 2.81. The summed E-state index contributed by atoms with van der Waals surface area (Å²) in [7, 11) is 0. The lowest BCUT2D eigenvalue weighted by atomic mass is 9.81. The lowest BCUT2D eigenvalue weighted by molar-refractivity contribution is 0.106. The summed E-state index contributed by atoms with van der Waals surface area (Å²) in [5, 5.41) is 9.20. The Bertz CT molecular complexity index is 1000. The number of hydrogen-bond acceptors (Lipinski definition) is 5. The molecule has 0 aliphatic carbocycles. The summed E-state index contributed by atoms with van der Waals surface area (Å²) in [6.07, 6.45) is 2.76.